The molecule has 1 aliphatic heterocycles. The van der Waals surface area contributed by atoms with E-state index in [1.807, 2.05) is 30.3 Å². The highest BCUT2D eigenvalue weighted by atomic mass is 35.5. The normalized spacial score (nSPS) is 24.0. The van der Waals surface area contributed by atoms with Gasteiger partial charge >= 0.3 is 5.97 Å². The first-order valence-corrected chi connectivity index (χ1v) is 8.46. The maximum absolute atomic E-state index is 11.6. The Hall–Kier alpha value is -2.26. The van der Waals surface area contributed by atoms with Crippen LogP contribution in [0.5, 0.6) is 0 Å². The summed E-state index contributed by atoms with van der Waals surface area (Å²) in [6, 6.07) is 13.9. The lowest BCUT2D eigenvalue weighted by Crippen LogP contribution is -2.29. The SMILES string of the molecule is COC(=O)c1ccc([C@@H]2Nc3ccc(Cl)cc3[C@H]3C=CC[C@@H]32)cc1. The van der Waals surface area contributed by atoms with Gasteiger partial charge in [0, 0.05) is 16.6 Å². The van der Waals surface area contributed by atoms with Gasteiger partial charge < -0.3 is 10.1 Å². The molecule has 0 amide bonds. The molecule has 2 aromatic rings. The molecule has 0 saturated carbocycles. The summed E-state index contributed by atoms with van der Waals surface area (Å²) in [7, 11) is 1.40. The lowest BCUT2D eigenvalue weighted by Gasteiger charge is -2.37. The molecule has 2 aromatic carbocycles. The largest absolute Gasteiger partial charge is 0.465 e. The van der Waals surface area contributed by atoms with Gasteiger partial charge in [0.05, 0.1) is 18.7 Å². The number of esters is 1. The van der Waals surface area contributed by atoms with Gasteiger partial charge in [0.2, 0.25) is 0 Å². The summed E-state index contributed by atoms with van der Waals surface area (Å²) in [5.41, 5.74) is 4.16. The summed E-state index contributed by atoms with van der Waals surface area (Å²) in [6.45, 7) is 0. The number of hydrogen-bond acceptors (Lipinski definition) is 3. The van der Waals surface area contributed by atoms with Crippen LogP contribution < -0.4 is 5.32 Å². The molecule has 0 aromatic heterocycles. The van der Waals surface area contributed by atoms with Crippen molar-refractivity contribution in [1.82, 2.24) is 0 Å². The molecule has 1 N–H and O–H groups in total. The maximum atomic E-state index is 11.6. The molecule has 0 radical (unpaired) electrons. The Balaban J connectivity index is 1.69. The first-order chi connectivity index (χ1) is 11.7. The monoisotopic (exact) mass is 339 g/mol. The van der Waals surface area contributed by atoms with Gasteiger partial charge in [-0.1, -0.05) is 35.9 Å². The van der Waals surface area contributed by atoms with E-state index in [0.29, 0.717) is 17.4 Å². The molecule has 0 unspecified atom stereocenters. The van der Waals surface area contributed by atoms with Crippen LogP contribution in [0, 0.1) is 5.92 Å². The van der Waals surface area contributed by atoms with Crippen molar-refractivity contribution in [3.63, 3.8) is 0 Å². The molecule has 3 atom stereocenters. The Kier molecular flexibility index (Phi) is 3.81. The predicted molar refractivity (Wildman–Crippen MR) is 95.6 cm³/mol. The van der Waals surface area contributed by atoms with Gasteiger partial charge in [-0.2, -0.15) is 0 Å². The van der Waals surface area contributed by atoms with Gasteiger partial charge in [-0.3, -0.25) is 0 Å². The molecule has 1 heterocycles. The summed E-state index contributed by atoms with van der Waals surface area (Å²) < 4.78 is 4.77. The Morgan fingerprint density at radius 2 is 2.00 bits per heavy atom. The lowest BCUT2D eigenvalue weighted by atomic mass is 9.77. The smallest absolute Gasteiger partial charge is 0.337 e. The van der Waals surface area contributed by atoms with Crippen LogP contribution in [0.3, 0.4) is 0 Å². The molecule has 0 spiro atoms. The van der Waals surface area contributed by atoms with E-state index in [2.05, 4.69) is 29.6 Å². The second-order valence-corrected chi connectivity index (χ2v) is 6.76. The van der Waals surface area contributed by atoms with Crippen LogP contribution in [0.15, 0.2) is 54.6 Å². The first kappa shape index (κ1) is 15.3. The fourth-order valence-electron chi connectivity index (χ4n) is 3.84. The van der Waals surface area contributed by atoms with E-state index in [4.69, 9.17) is 16.3 Å². The van der Waals surface area contributed by atoms with Crippen LogP contribution >= 0.6 is 11.6 Å². The third kappa shape index (κ3) is 2.49. The Bertz CT molecular complexity index is 813. The summed E-state index contributed by atoms with van der Waals surface area (Å²) in [5.74, 6) is 0.531. The lowest BCUT2D eigenvalue weighted by molar-refractivity contribution is 0.0600. The van der Waals surface area contributed by atoms with E-state index < -0.39 is 0 Å². The Morgan fingerprint density at radius 3 is 2.75 bits per heavy atom. The topological polar surface area (TPSA) is 38.3 Å². The van der Waals surface area contributed by atoms with Crippen LogP contribution in [-0.2, 0) is 4.74 Å². The summed E-state index contributed by atoms with van der Waals surface area (Å²) in [5, 5.41) is 4.43. The predicted octanol–water partition coefficient (Wildman–Crippen LogP) is 4.95. The number of carbonyl (C=O) groups excluding carboxylic acids is 1. The highest BCUT2D eigenvalue weighted by Gasteiger charge is 2.37. The summed E-state index contributed by atoms with van der Waals surface area (Å²) in [4.78, 5) is 11.6. The molecular weight excluding hydrogens is 322 g/mol. The minimum atomic E-state index is -0.307. The minimum absolute atomic E-state index is 0.213. The number of halogens is 1. The Labute approximate surface area is 146 Å². The molecule has 0 saturated heterocycles. The van der Waals surface area contributed by atoms with Crippen molar-refractivity contribution in [2.45, 2.75) is 18.4 Å². The van der Waals surface area contributed by atoms with Gasteiger partial charge in [0.1, 0.15) is 0 Å². The zero-order valence-electron chi connectivity index (χ0n) is 13.3. The van der Waals surface area contributed by atoms with E-state index in [1.54, 1.807) is 0 Å². The van der Waals surface area contributed by atoms with Crippen molar-refractivity contribution >= 4 is 23.3 Å². The molecule has 4 rings (SSSR count). The number of benzene rings is 2. The van der Waals surface area contributed by atoms with Crippen molar-refractivity contribution in [2.75, 3.05) is 12.4 Å². The summed E-state index contributed by atoms with van der Waals surface area (Å²) in [6.07, 6.45) is 5.58. The average molecular weight is 340 g/mol. The van der Waals surface area contributed by atoms with E-state index in [-0.39, 0.29) is 12.0 Å². The van der Waals surface area contributed by atoms with Crippen molar-refractivity contribution in [1.29, 1.82) is 0 Å². The Morgan fingerprint density at radius 1 is 1.21 bits per heavy atom. The molecule has 122 valence electrons. The number of fused-ring (bicyclic) bond motifs is 3. The van der Waals surface area contributed by atoms with Gasteiger partial charge in [-0.15, -0.1) is 0 Å². The molecule has 24 heavy (non-hydrogen) atoms. The van der Waals surface area contributed by atoms with Crippen LogP contribution in [0.4, 0.5) is 5.69 Å². The fourth-order valence-corrected chi connectivity index (χ4v) is 4.02. The fraction of sp³-hybridized carbons (Fsp3) is 0.250. The standard InChI is InChI=1S/C20H18ClNO2/c1-24-20(23)13-7-5-12(6-8-13)19-16-4-2-3-15(16)17-11-14(21)9-10-18(17)22-19/h2-3,5-11,15-16,19,22H,4H2,1H3/t15-,16-,19-/m0/s1. The van der Waals surface area contributed by atoms with Gasteiger partial charge in [-0.25, -0.2) is 4.79 Å². The quantitative estimate of drug-likeness (QED) is 0.621. The van der Waals surface area contributed by atoms with Gasteiger partial charge in [-0.05, 0) is 53.8 Å². The van der Waals surface area contributed by atoms with Crippen molar-refractivity contribution < 1.29 is 9.53 Å². The number of anilines is 1. The maximum Gasteiger partial charge on any atom is 0.337 e. The number of nitrogens with one attached hydrogen (secondary N) is 1. The highest BCUT2D eigenvalue weighted by molar-refractivity contribution is 6.30. The van der Waals surface area contributed by atoms with Crippen LogP contribution in [0.25, 0.3) is 0 Å². The number of rotatable bonds is 2. The minimum Gasteiger partial charge on any atom is -0.465 e. The number of allylic oxidation sites excluding steroid dienone is 2. The molecule has 4 heteroatoms. The molecule has 1 aliphatic carbocycles. The number of methoxy groups -OCH3 is 1. The van der Waals surface area contributed by atoms with Crippen molar-refractivity contribution in [2.24, 2.45) is 5.92 Å². The van der Waals surface area contributed by atoms with Crippen molar-refractivity contribution in [3.05, 3.63) is 76.3 Å². The van der Waals surface area contributed by atoms with E-state index in [9.17, 15) is 4.79 Å². The third-order valence-electron chi connectivity index (χ3n) is 5.02. The second kappa shape index (κ2) is 5.99. The average Bonchev–Trinajstić information content (AvgIpc) is 3.11. The summed E-state index contributed by atoms with van der Waals surface area (Å²) >= 11 is 6.19. The molecule has 2 aliphatic rings. The van der Waals surface area contributed by atoms with Gasteiger partial charge in [0.25, 0.3) is 0 Å². The highest BCUT2D eigenvalue weighted by Crippen LogP contribution is 2.50. The van der Waals surface area contributed by atoms with E-state index >= 15 is 0 Å². The van der Waals surface area contributed by atoms with E-state index in [0.717, 1.165) is 17.1 Å². The zero-order chi connectivity index (χ0) is 16.7. The van der Waals surface area contributed by atoms with Crippen LogP contribution in [0.2, 0.25) is 5.02 Å². The first-order valence-electron chi connectivity index (χ1n) is 8.08. The number of ether oxygens (including phenoxy) is 1. The zero-order valence-corrected chi connectivity index (χ0v) is 14.1. The molecule has 0 fully saturated rings. The molecule has 0 bridgehead atoms. The van der Waals surface area contributed by atoms with E-state index in [1.165, 1.54) is 18.2 Å². The number of carbonyl (C=O) groups is 1. The molecule has 3 nitrogen and oxygen atoms in total. The second-order valence-electron chi connectivity index (χ2n) is 6.32. The van der Waals surface area contributed by atoms with Crippen LogP contribution in [0.1, 0.15) is 39.9 Å². The van der Waals surface area contributed by atoms with Crippen molar-refractivity contribution in [3.8, 4) is 0 Å². The van der Waals surface area contributed by atoms with Crippen LogP contribution in [-0.4, -0.2) is 13.1 Å². The third-order valence-corrected chi connectivity index (χ3v) is 5.25. The number of hydrogen-bond donors (Lipinski definition) is 1. The molecular formula is C20H18ClNO2. The van der Waals surface area contributed by atoms with Gasteiger partial charge in [0.15, 0.2) is 0 Å².